The smallest absolute Gasteiger partial charge is 0.341 e. The number of nitrogens with zero attached hydrogens (tertiary/aromatic N) is 4. The molecule has 1 atom stereocenters. The number of aromatic carboxylic acids is 1. The summed E-state index contributed by atoms with van der Waals surface area (Å²) in [6, 6.07) is 2.58. The van der Waals surface area contributed by atoms with Crippen LogP contribution in [0.5, 0.6) is 0 Å². The quantitative estimate of drug-likeness (QED) is 0.348. The van der Waals surface area contributed by atoms with Crippen LogP contribution in [0, 0.1) is 11.6 Å². The molecule has 200 valence electrons. The van der Waals surface area contributed by atoms with Crippen LogP contribution >= 0.6 is 0 Å². The molecule has 0 radical (unpaired) electrons. The lowest BCUT2D eigenvalue weighted by Crippen LogP contribution is -2.22. The molecule has 39 heavy (non-hydrogen) atoms. The number of nitrogens with one attached hydrogen (secondary N) is 1. The van der Waals surface area contributed by atoms with Crippen molar-refractivity contribution in [1.82, 2.24) is 14.5 Å². The van der Waals surface area contributed by atoms with Crippen LogP contribution in [0.25, 0.3) is 33.3 Å². The van der Waals surface area contributed by atoms with Gasteiger partial charge in [0.2, 0.25) is 5.43 Å². The molecule has 1 fully saturated rings. The molecule has 9 nitrogen and oxygen atoms in total. The molecule has 11 heteroatoms. The summed E-state index contributed by atoms with van der Waals surface area (Å²) in [7, 11) is 5.23. The molecule has 4 heterocycles. The summed E-state index contributed by atoms with van der Waals surface area (Å²) in [6.07, 6.45) is 5.53. The van der Waals surface area contributed by atoms with Gasteiger partial charge >= 0.3 is 5.97 Å². The van der Waals surface area contributed by atoms with Gasteiger partial charge in [-0.05, 0) is 18.1 Å². The minimum absolute atomic E-state index is 0.139. The van der Waals surface area contributed by atoms with Crippen LogP contribution < -0.4 is 15.6 Å². The van der Waals surface area contributed by atoms with E-state index in [-0.39, 0.29) is 22.6 Å². The SMILES string of the molecule is CNc1cc(F)c(F)c2c1Cc1ncc(-c3cnc4c(c3)c(=O)c(C(=O)O)cn4C3CCOC3)c(N(C)C)c1-2. The molecule has 6 rings (SSSR count). The second kappa shape index (κ2) is 9.12. The number of carboxylic acids is 1. The third-order valence-electron chi connectivity index (χ3n) is 7.48. The highest BCUT2D eigenvalue weighted by atomic mass is 19.2. The van der Waals surface area contributed by atoms with Crippen LogP contribution in [-0.2, 0) is 11.2 Å². The summed E-state index contributed by atoms with van der Waals surface area (Å²) in [5.74, 6) is -3.25. The number of aromatic nitrogens is 3. The maximum atomic E-state index is 15.3. The normalized spacial score (nSPS) is 15.9. The molecule has 4 aromatic rings. The zero-order chi connectivity index (χ0) is 27.6. The molecular formula is C28H25F2N5O4. The molecular weight excluding hydrogens is 508 g/mol. The molecule has 0 bridgehead atoms. The molecule has 0 spiro atoms. The summed E-state index contributed by atoms with van der Waals surface area (Å²) < 4.78 is 37.1. The minimum atomic E-state index is -1.33. The number of anilines is 2. The molecule has 2 aliphatic rings. The number of benzene rings is 1. The Morgan fingerprint density at radius 2 is 2.00 bits per heavy atom. The van der Waals surface area contributed by atoms with E-state index in [0.717, 1.165) is 6.07 Å². The van der Waals surface area contributed by atoms with E-state index in [1.54, 1.807) is 49.1 Å². The predicted octanol–water partition coefficient (Wildman–Crippen LogP) is 4.08. The predicted molar refractivity (Wildman–Crippen MR) is 143 cm³/mol. The third kappa shape index (κ3) is 3.75. The lowest BCUT2D eigenvalue weighted by Gasteiger charge is -2.22. The van der Waals surface area contributed by atoms with Gasteiger partial charge in [-0.25, -0.2) is 18.6 Å². The van der Waals surface area contributed by atoms with Crippen molar-refractivity contribution in [3.05, 3.63) is 69.4 Å². The van der Waals surface area contributed by atoms with Crippen molar-refractivity contribution in [3.8, 4) is 22.3 Å². The monoisotopic (exact) mass is 533 g/mol. The first kappa shape index (κ1) is 24.9. The van der Waals surface area contributed by atoms with Gasteiger partial charge in [-0.2, -0.15) is 0 Å². The van der Waals surface area contributed by atoms with Crippen molar-refractivity contribution >= 4 is 28.4 Å². The fraction of sp³-hybridized carbons (Fsp3) is 0.286. The molecule has 0 amide bonds. The number of pyridine rings is 3. The van der Waals surface area contributed by atoms with E-state index in [1.807, 2.05) is 0 Å². The van der Waals surface area contributed by atoms with E-state index in [4.69, 9.17) is 4.74 Å². The average molecular weight is 534 g/mol. The van der Waals surface area contributed by atoms with Gasteiger partial charge in [-0.3, -0.25) is 9.78 Å². The second-order valence-corrected chi connectivity index (χ2v) is 9.93. The Labute approximate surface area is 221 Å². The van der Waals surface area contributed by atoms with Gasteiger partial charge in [-0.1, -0.05) is 0 Å². The average Bonchev–Trinajstić information content (AvgIpc) is 3.58. The fourth-order valence-electron chi connectivity index (χ4n) is 5.66. The van der Waals surface area contributed by atoms with E-state index in [1.165, 1.54) is 6.20 Å². The van der Waals surface area contributed by atoms with Crippen LogP contribution in [0.4, 0.5) is 20.2 Å². The summed E-state index contributed by atoms with van der Waals surface area (Å²) >= 11 is 0. The third-order valence-corrected chi connectivity index (χ3v) is 7.48. The Balaban J connectivity index is 1.62. The summed E-state index contributed by atoms with van der Waals surface area (Å²) in [6.45, 7) is 0.912. The maximum absolute atomic E-state index is 15.3. The Morgan fingerprint density at radius 1 is 1.21 bits per heavy atom. The highest BCUT2D eigenvalue weighted by molar-refractivity contribution is 5.98. The van der Waals surface area contributed by atoms with E-state index in [0.29, 0.717) is 71.0 Å². The number of carboxylic acid groups (broad SMARTS) is 1. The topological polar surface area (TPSA) is 110 Å². The Morgan fingerprint density at radius 3 is 2.67 bits per heavy atom. The minimum Gasteiger partial charge on any atom is -0.477 e. The molecule has 0 saturated carbocycles. The fourth-order valence-corrected chi connectivity index (χ4v) is 5.66. The number of ether oxygens (including phenoxy) is 1. The van der Waals surface area contributed by atoms with Crippen molar-refractivity contribution in [2.45, 2.75) is 18.9 Å². The van der Waals surface area contributed by atoms with Gasteiger partial charge in [-0.15, -0.1) is 0 Å². The second-order valence-electron chi connectivity index (χ2n) is 9.93. The standard InChI is InChI=1S/C28H25F2N5O4/c1-31-20-8-19(29)24(30)22-15(20)7-21-23(22)25(34(2)3)17(10-32-21)13-6-16-26(36)18(28(37)38)11-35(27(16)33-9-13)14-4-5-39-12-14/h6,8-11,14,31H,4-5,7,12H2,1-3H3,(H,37,38). The Bertz CT molecular complexity index is 1750. The number of hydrogen-bond donors (Lipinski definition) is 2. The first-order chi connectivity index (χ1) is 18.7. The van der Waals surface area contributed by atoms with Gasteiger partial charge in [0.25, 0.3) is 0 Å². The lowest BCUT2D eigenvalue weighted by molar-refractivity contribution is 0.0694. The lowest BCUT2D eigenvalue weighted by atomic mass is 9.97. The van der Waals surface area contributed by atoms with Crippen molar-refractivity contribution in [1.29, 1.82) is 0 Å². The molecule has 1 saturated heterocycles. The molecule has 3 aromatic heterocycles. The van der Waals surface area contributed by atoms with Crippen LogP contribution in [0.15, 0.2) is 35.5 Å². The molecule has 1 aliphatic heterocycles. The van der Waals surface area contributed by atoms with Crippen molar-refractivity contribution in [3.63, 3.8) is 0 Å². The number of hydrogen-bond acceptors (Lipinski definition) is 7. The van der Waals surface area contributed by atoms with Gasteiger partial charge in [0.1, 0.15) is 11.2 Å². The van der Waals surface area contributed by atoms with Crippen LogP contribution in [-0.4, -0.2) is 60.0 Å². The van der Waals surface area contributed by atoms with E-state index in [9.17, 15) is 19.1 Å². The number of halogens is 2. The first-order valence-corrected chi connectivity index (χ1v) is 12.5. The highest BCUT2D eigenvalue weighted by Crippen LogP contribution is 2.49. The van der Waals surface area contributed by atoms with E-state index in [2.05, 4.69) is 15.3 Å². The van der Waals surface area contributed by atoms with E-state index >= 15 is 4.39 Å². The number of fused-ring (bicyclic) bond motifs is 4. The van der Waals surface area contributed by atoms with Gasteiger partial charge in [0.15, 0.2) is 11.6 Å². The summed E-state index contributed by atoms with van der Waals surface area (Å²) in [5.41, 5.74) is 3.29. The van der Waals surface area contributed by atoms with Gasteiger partial charge < -0.3 is 24.6 Å². The summed E-state index contributed by atoms with van der Waals surface area (Å²) in [4.78, 5) is 36.2. The first-order valence-electron chi connectivity index (χ1n) is 12.5. The molecule has 1 aliphatic carbocycles. The Hall–Kier alpha value is -4.38. The zero-order valence-electron chi connectivity index (χ0n) is 21.5. The van der Waals surface area contributed by atoms with Crippen LogP contribution in [0.3, 0.4) is 0 Å². The van der Waals surface area contributed by atoms with Crippen LogP contribution in [0.2, 0.25) is 0 Å². The van der Waals surface area contributed by atoms with Crippen LogP contribution in [0.1, 0.15) is 34.1 Å². The van der Waals surface area contributed by atoms with E-state index < -0.39 is 23.0 Å². The Kier molecular flexibility index (Phi) is 5.83. The zero-order valence-corrected chi connectivity index (χ0v) is 21.5. The molecule has 1 aromatic carbocycles. The van der Waals surface area contributed by atoms with Crippen molar-refractivity contribution in [2.24, 2.45) is 0 Å². The van der Waals surface area contributed by atoms with Gasteiger partial charge in [0, 0.05) is 86.8 Å². The largest absolute Gasteiger partial charge is 0.477 e. The molecule has 2 N–H and O–H groups in total. The highest BCUT2D eigenvalue weighted by Gasteiger charge is 2.33. The van der Waals surface area contributed by atoms with Gasteiger partial charge in [0.05, 0.1) is 29.4 Å². The van der Waals surface area contributed by atoms with Crippen molar-refractivity contribution in [2.75, 3.05) is 44.6 Å². The maximum Gasteiger partial charge on any atom is 0.341 e. The summed E-state index contributed by atoms with van der Waals surface area (Å²) in [5, 5.41) is 12.8. The number of carbonyl (C=O) groups is 1. The molecule has 1 unspecified atom stereocenters. The number of rotatable bonds is 5. The van der Waals surface area contributed by atoms with Crippen molar-refractivity contribution < 1.29 is 23.4 Å².